The molecule has 0 unspecified atom stereocenters. The Morgan fingerprint density at radius 1 is 1.39 bits per heavy atom. The summed E-state index contributed by atoms with van der Waals surface area (Å²) in [6.07, 6.45) is 0. The van der Waals surface area contributed by atoms with E-state index in [0.717, 1.165) is 0 Å². The summed E-state index contributed by atoms with van der Waals surface area (Å²) < 4.78 is 0. The Hall–Kier alpha value is -2.41. The van der Waals surface area contributed by atoms with Gasteiger partial charge in [-0.3, -0.25) is 10.1 Å². The highest BCUT2D eigenvalue weighted by atomic mass is 32.1. The van der Waals surface area contributed by atoms with Crippen molar-refractivity contribution in [2.24, 2.45) is 0 Å². The van der Waals surface area contributed by atoms with Gasteiger partial charge >= 0.3 is 5.97 Å². The first-order valence-electron chi connectivity index (χ1n) is 4.89. The maximum atomic E-state index is 10.9. The number of rotatable bonds is 4. The highest BCUT2D eigenvalue weighted by Gasteiger charge is 2.16. The van der Waals surface area contributed by atoms with Crippen LogP contribution in [0, 0.1) is 10.1 Å². The zero-order valence-corrected chi connectivity index (χ0v) is 9.81. The van der Waals surface area contributed by atoms with Gasteiger partial charge in [-0.1, -0.05) is 0 Å². The topological polar surface area (TPSA) is 92.5 Å². The third-order valence-electron chi connectivity index (χ3n) is 2.24. The van der Waals surface area contributed by atoms with Crippen LogP contribution >= 0.6 is 11.3 Å². The van der Waals surface area contributed by atoms with Crippen molar-refractivity contribution in [3.63, 3.8) is 0 Å². The van der Waals surface area contributed by atoms with E-state index in [1.54, 1.807) is 11.4 Å². The van der Waals surface area contributed by atoms with E-state index in [1.165, 1.54) is 29.5 Å². The van der Waals surface area contributed by atoms with E-state index < -0.39 is 10.9 Å². The van der Waals surface area contributed by atoms with Crippen LogP contribution in [0.2, 0.25) is 0 Å². The molecule has 0 saturated heterocycles. The molecule has 2 aromatic rings. The smallest absolute Gasteiger partial charge is 0.335 e. The summed E-state index contributed by atoms with van der Waals surface area (Å²) >= 11 is 1.43. The Balaban J connectivity index is 2.43. The molecular weight excluding hydrogens is 256 g/mol. The van der Waals surface area contributed by atoms with Gasteiger partial charge in [0.25, 0.3) is 5.69 Å². The monoisotopic (exact) mass is 264 g/mol. The van der Waals surface area contributed by atoms with Gasteiger partial charge in [-0.05, 0) is 23.6 Å². The number of nitrogens with zero attached hydrogens (tertiary/aromatic N) is 1. The number of nitrogens with one attached hydrogen (secondary N) is 1. The van der Waals surface area contributed by atoms with Crippen molar-refractivity contribution in [2.75, 3.05) is 5.32 Å². The molecule has 0 bridgehead atoms. The Kier molecular flexibility index (Phi) is 3.24. The third kappa shape index (κ3) is 2.46. The van der Waals surface area contributed by atoms with Crippen LogP contribution in [0.3, 0.4) is 0 Å². The number of hydrogen-bond donors (Lipinski definition) is 2. The second-order valence-corrected chi connectivity index (χ2v) is 4.21. The van der Waals surface area contributed by atoms with E-state index in [1.807, 2.05) is 5.38 Å². The zero-order chi connectivity index (χ0) is 13.1. The molecule has 92 valence electrons. The van der Waals surface area contributed by atoms with Gasteiger partial charge in [-0.2, -0.15) is 11.3 Å². The van der Waals surface area contributed by atoms with Crippen LogP contribution in [0.1, 0.15) is 10.4 Å². The molecule has 0 spiro atoms. The minimum absolute atomic E-state index is 0.00155. The Morgan fingerprint density at radius 3 is 2.72 bits per heavy atom. The molecule has 0 aliphatic rings. The summed E-state index contributed by atoms with van der Waals surface area (Å²) in [5.74, 6) is -1.13. The number of nitro benzene ring substituents is 1. The fourth-order valence-electron chi connectivity index (χ4n) is 1.42. The van der Waals surface area contributed by atoms with E-state index in [9.17, 15) is 14.9 Å². The molecule has 18 heavy (non-hydrogen) atoms. The fraction of sp³-hybridized carbons (Fsp3) is 0. The van der Waals surface area contributed by atoms with Gasteiger partial charge in [-0.15, -0.1) is 0 Å². The Labute approximate surface area is 106 Å². The molecule has 0 saturated carbocycles. The Bertz CT molecular complexity index is 595. The molecule has 1 aromatic carbocycles. The lowest BCUT2D eigenvalue weighted by Crippen LogP contribution is -2.01. The number of carboxylic acid groups (broad SMARTS) is 1. The largest absolute Gasteiger partial charge is 0.478 e. The van der Waals surface area contributed by atoms with Crippen LogP contribution in [-0.4, -0.2) is 16.0 Å². The minimum Gasteiger partial charge on any atom is -0.478 e. The molecule has 1 aromatic heterocycles. The number of nitro groups is 1. The van der Waals surface area contributed by atoms with Gasteiger partial charge in [0.2, 0.25) is 0 Å². The van der Waals surface area contributed by atoms with Crippen molar-refractivity contribution in [1.29, 1.82) is 0 Å². The predicted octanol–water partition coefficient (Wildman–Crippen LogP) is 3.10. The maximum absolute atomic E-state index is 10.9. The first kappa shape index (κ1) is 12.1. The molecular formula is C11H8N2O4S. The van der Waals surface area contributed by atoms with Crippen LogP contribution in [0.25, 0.3) is 0 Å². The van der Waals surface area contributed by atoms with E-state index >= 15 is 0 Å². The van der Waals surface area contributed by atoms with E-state index in [-0.39, 0.29) is 16.9 Å². The van der Waals surface area contributed by atoms with Crippen LogP contribution in [-0.2, 0) is 0 Å². The average molecular weight is 264 g/mol. The molecule has 0 atom stereocenters. The molecule has 2 N–H and O–H groups in total. The molecule has 0 radical (unpaired) electrons. The number of thiophene rings is 1. The lowest BCUT2D eigenvalue weighted by molar-refractivity contribution is -0.383. The SMILES string of the molecule is O=C(O)c1ccc([N+](=O)[O-])c(Nc2ccsc2)c1. The van der Waals surface area contributed by atoms with Crippen molar-refractivity contribution in [3.05, 3.63) is 50.7 Å². The van der Waals surface area contributed by atoms with Gasteiger partial charge < -0.3 is 10.4 Å². The molecule has 7 heteroatoms. The lowest BCUT2D eigenvalue weighted by Gasteiger charge is -2.06. The quantitative estimate of drug-likeness (QED) is 0.653. The Morgan fingerprint density at radius 2 is 2.17 bits per heavy atom. The van der Waals surface area contributed by atoms with Crippen LogP contribution < -0.4 is 5.32 Å². The molecule has 0 aliphatic heterocycles. The number of anilines is 2. The minimum atomic E-state index is -1.13. The average Bonchev–Trinajstić information content (AvgIpc) is 2.81. The van der Waals surface area contributed by atoms with Crippen LogP contribution in [0.5, 0.6) is 0 Å². The van der Waals surface area contributed by atoms with Gasteiger partial charge in [0.05, 0.1) is 10.5 Å². The standard InChI is InChI=1S/C11H8N2O4S/c14-11(15)7-1-2-10(13(16)17)9(5-7)12-8-3-4-18-6-8/h1-6,12H,(H,14,15). The summed E-state index contributed by atoms with van der Waals surface area (Å²) in [6.45, 7) is 0. The molecule has 0 aliphatic carbocycles. The first-order chi connectivity index (χ1) is 8.58. The second-order valence-electron chi connectivity index (χ2n) is 3.43. The summed E-state index contributed by atoms with van der Waals surface area (Å²) in [5.41, 5.74) is 0.688. The fourth-order valence-corrected chi connectivity index (χ4v) is 2.01. The molecule has 2 rings (SSSR count). The van der Waals surface area contributed by atoms with Crippen molar-refractivity contribution >= 4 is 34.4 Å². The highest BCUT2D eigenvalue weighted by Crippen LogP contribution is 2.29. The van der Waals surface area contributed by atoms with Gasteiger partial charge in [0, 0.05) is 17.1 Å². The third-order valence-corrected chi connectivity index (χ3v) is 2.92. The molecule has 6 nitrogen and oxygen atoms in total. The molecule has 1 heterocycles. The number of carboxylic acids is 1. The normalized spacial score (nSPS) is 10.0. The first-order valence-corrected chi connectivity index (χ1v) is 5.83. The van der Waals surface area contributed by atoms with Crippen molar-refractivity contribution < 1.29 is 14.8 Å². The summed E-state index contributed by atoms with van der Waals surface area (Å²) in [7, 11) is 0. The maximum Gasteiger partial charge on any atom is 0.335 e. The van der Waals surface area contributed by atoms with Crippen molar-refractivity contribution in [2.45, 2.75) is 0 Å². The summed E-state index contributed by atoms with van der Waals surface area (Å²) in [6, 6.07) is 5.39. The zero-order valence-electron chi connectivity index (χ0n) is 8.99. The number of aromatic carboxylic acids is 1. The highest BCUT2D eigenvalue weighted by molar-refractivity contribution is 7.08. The summed E-state index contributed by atoms with van der Waals surface area (Å²) in [5, 5.41) is 26.1. The van der Waals surface area contributed by atoms with Gasteiger partial charge in [-0.25, -0.2) is 4.79 Å². The van der Waals surface area contributed by atoms with Crippen LogP contribution in [0.4, 0.5) is 17.1 Å². The second kappa shape index (κ2) is 4.84. The predicted molar refractivity (Wildman–Crippen MR) is 67.7 cm³/mol. The van der Waals surface area contributed by atoms with Gasteiger partial charge in [0.1, 0.15) is 5.69 Å². The number of carbonyl (C=O) groups is 1. The van der Waals surface area contributed by atoms with E-state index in [0.29, 0.717) is 5.69 Å². The van der Waals surface area contributed by atoms with E-state index in [4.69, 9.17) is 5.11 Å². The van der Waals surface area contributed by atoms with Crippen molar-refractivity contribution in [3.8, 4) is 0 Å². The molecule has 0 fully saturated rings. The lowest BCUT2D eigenvalue weighted by atomic mass is 10.1. The summed E-state index contributed by atoms with van der Waals surface area (Å²) in [4.78, 5) is 21.1. The molecule has 0 amide bonds. The number of hydrogen-bond acceptors (Lipinski definition) is 5. The van der Waals surface area contributed by atoms with Crippen LogP contribution in [0.15, 0.2) is 35.0 Å². The van der Waals surface area contributed by atoms with E-state index in [2.05, 4.69) is 5.32 Å². The number of benzene rings is 1. The van der Waals surface area contributed by atoms with Gasteiger partial charge in [0.15, 0.2) is 0 Å². The van der Waals surface area contributed by atoms with Crippen molar-refractivity contribution in [1.82, 2.24) is 0 Å².